The molecule has 0 aliphatic carbocycles. The summed E-state index contributed by atoms with van der Waals surface area (Å²) < 4.78 is 0. The molecule has 0 spiro atoms. The molecule has 0 atom stereocenters. The first-order valence-corrected chi connectivity index (χ1v) is 5.22. The van der Waals surface area contributed by atoms with E-state index < -0.39 is 5.97 Å². The van der Waals surface area contributed by atoms with Crippen LogP contribution < -0.4 is 5.32 Å². The second-order valence-corrected chi connectivity index (χ2v) is 3.76. The van der Waals surface area contributed by atoms with Crippen LogP contribution in [0, 0.1) is 6.92 Å². The van der Waals surface area contributed by atoms with Gasteiger partial charge in [0.15, 0.2) is 0 Å². The third-order valence-electron chi connectivity index (χ3n) is 2.45. The Bertz CT molecular complexity index is 587. The van der Waals surface area contributed by atoms with Gasteiger partial charge < -0.3 is 10.4 Å². The van der Waals surface area contributed by atoms with Gasteiger partial charge in [0.1, 0.15) is 5.69 Å². The van der Waals surface area contributed by atoms with Crippen molar-refractivity contribution in [2.75, 3.05) is 5.32 Å². The summed E-state index contributed by atoms with van der Waals surface area (Å²) in [4.78, 5) is 22.5. The molecule has 92 valence electrons. The summed E-state index contributed by atoms with van der Waals surface area (Å²) in [6.45, 7) is 1.77. The molecule has 2 aromatic rings. The summed E-state index contributed by atoms with van der Waals surface area (Å²) in [5, 5.41) is 17.7. The summed E-state index contributed by atoms with van der Waals surface area (Å²) in [5.74, 6) is -1.31. The Kier molecular flexibility index (Phi) is 3.09. The van der Waals surface area contributed by atoms with Gasteiger partial charge in [-0.15, -0.1) is 0 Å². The van der Waals surface area contributed by atoms with E-state index >= 15 is 0 Å². The van der Waals surface area contributed by atoms with Gasteiger partial charge >= 0.3 is 5.97 Å². The van der Waals surface area contributed by atoms with Crippen LogP contribution in [0.1, 0.15) is 26.4 Å². The second kappa shape index (κ2) is 4.70. The van der Waals surface area contributed by atoms with E-state index in [0.29, 0.717) is 11.4 Å². The van der Waals surface area contributed by atoms with E-state index in [-0.39, 0.29) is 11.5 Å². The third kappa shape index (κ3) is 2.37. The number of nitrogens with one attached hydrogen (secondary N) is 2. The van der Waals surface area contributed by atoms with E-state index in [9.17, 15) is 9.59 Å². The number of carbonyl (C=O) groups excluding carboxylic acids is 1. The number of nitrogens with zero attached hydrogens (tertiary/aromatic N) is 1. The van der Waals surface area contributed by atoms with Crippen molar-refractivity contribution in [3.8, 4) is 0 Å². The summed E-state index contributed by atoms with van der Waals surface area (Å²) >= 11 is 0. The lowest BCUT2D eigenvalue weighted by Crippen LogP contribution is -2.13. The van der Waals surface area contributed by atoms with Crippen LogP contribution in [0.25, 0.3) is 0 Å². The smallest absolute Gasteiger partial charge is 0.335 e. The molecule has 1 aromatic heterocycles. The third-order valence-corrected chi connectivity index (χ3v) is 2.45. The zero-order chi connectivity index (χ0) is 13.1. The molecular weight excluding hydrogens is 234 g/mol. The Balaban J connectivity index is 2.13. The number of amides is 1. The quantitative estimate of drug-likeness (QED) is 0.766. The number of hydrogen-bond donors (Lipinski definition) is 3. The molecule has 1 amide bonds. The molecule has 0 aliphatic heterocycles. The van der Waals surface area contributed by atoms with Crippen molar-refractivity contribution in [2.45, 2.75) is 6.92 Å². The zero-order valence-corrected chi connectivity index (χ0v) is 9.60. The first-order chi connectivity index (χ1) is 8.58. The largest absolute Gasteiger partial charge is 0.478 e. The standard InChI is InChI=1S/C12H11N3O3/c1-7-6-13-15-10(7)11(16)14-9-4-2-8(3-5-9)12(17)18/h2-6H,1H3,(H,13,15)(H,14,16)(H,17,18). The number of carboxylic acid groups (broad SMARTS) is 1. The lowest BCUT2D eigenvalue weighted by Gasteiger charge is -2.04. The van der Waals surface area contributed by atoms with Crippen LogP contribution >= 0.6 is 0 Å². The minimum atomic E-state index is -1.00. The number of anilines is 1. The van der Waals surface area contributed by atoms with Crippen LogP contribution in [0.3, 0.4) is 0 Å². The van der Waals surface area contributed by atoms with E-state index in [0.717, 1.165) is 5.56 Å². The van der Waals surface area contributed by atoms with Crippen molar-refractivity contribution in [3.05, 3.63) is 47.3 Å². The maximum absolute atomic E-state index is 11.8. The number of aromatic nitrogens is 2. The molecule has 0 radical (unpaired) electrons. The van der Waals surface area contributed by atoms with E-state index in [2.05, 4.69) is 15.5 Å². The van der Waals surface area contributed by atoms with Crippen LogP contribution in [0.4, 0.5) is 5.69 Å². The second-order valence-electron chi connectivity index (χ2n) is 3.76. The average Bonchev–Trinajstić information content (AvgIpc) is 2.76. The molecule has 0 unspecified atom stereocenters. The van der Waals surface area contributed by atoms with Gasteiger partial charge in [-0.2, -0.15) is 5.10 Å². The Morgan fingerprint density at radius 2 is 1.94 bits per heavy atom. The molecule has 3 N–H and O–H groups in total. The summed E-state index contributed by atoms with van der Waals surface area (Å²) in [5.41, 5.74) is 1.83. The summed E-state index contributed by atoms with van der Waals surface area (Å²) in [6.07, 6.45) is 1.56. The first-order valence-electron chi connectivity index (χ1n) is 5.22. The highest BCUT2D eigenvalue weighted by Crippen LogP contribution is 2.12. The van der Waals surface area contributed by atoms with Gasteiger partial charge in [0, 0.05) is 5.69 Å². The van der Waals surface area contributed by atoms with Crippen LogP contribution in [0.2, 0.25) is 0 Å². The lowest BCUT2D eigenvalue weighted by molar-refractivity contribution is 0.0696. The average molecular weight is 245 g/mol. The molecule has 1 aromatic carbocycles. The molecule has 0 saturated carbocycles. The number of carboxylic acids is 1. The molecule has 2 rings (SSSR count). The van der Waals surface area contributed by atoms with Gasteiger partial charge in [-0.25, -0.2) is 4.79 Å². The molecule has 0 saturated heterocycles. The Hall–Kier alpha value is -2.63. The van der Waals surface area contributed by atoms with Gasteiger partial charge in [-0.05, 0) is 36.8 Å². The monoisotopic (exact) mass is 245 g/mol. The summed E-state index contributed by atoms with van der Waals surface area (Å²) in [7, 11) is 0. The molecule has 1 heterocycles. The number of rotatable bonds is 3. The number of hydrogen-bond acceptors (Lipinski definition) is 3. The number of benzene rings is 1. The summed E-state index contributed by atoms with van der Waals surface area (Å²) in [6, 6.07) is 5.93. The van der Waals surface area contributed by atoms with Crippen LogP contribution in [0.5, 0.6) is 0 Å². The van der Waals surface area contributed by atoms with E-state index in [1.807, 2.05) is 0 Å². The molecule has 0 fully saturated rings. The van der Waals surface area contributed by atoms with Crippen LogP contribution in [-0.2, 0) is 0 Å². The maximum atomic E-state index is 11.8. The van der Waals surface area contributed by atoms with E-state index in [1.165, 1.54) is 24.3 Å². The molecule has 0 bridgehead atoms. The SMILES string of the molecule is Cc1cn[nH]c1C(=O)Nc1ccc(C(=O)O)cc1. The van der Waals surface area contributed by atoms with E-state index in [4.69, 9.17) is 5.11 Å². The molecule has 18 heavy (non-hydrogen) atoms. The van der Waals surface area contributed by atoms with Crippen LogP contribution in [-0.4, -0.2) is 27.2 Å². The molecule has 0 aliphatic rings. The first kappa shape index (κ1) is 11.8. The minimum Gasteiger partial charge on any atom is -0.478 e. The fourth-order valence-electron chi connectivity index (χ4n) is 1.47. The van der Waals surface area contributed by atoms with Gasteiger partial charge in [-0.1, -0.05) is 0 Å². The fraction of sp³-hybridized carbons (Fsp3) is 0.0833. The van der Waals surface area contributed by atoms with Crippen molar-refractivity contribution in [1.29, 1.82) is 0 Å². The van der Waals surface area contributed by atoms with Crippen molar-refractivity contribution in [3.63, 3.8) is 0 Å². The Morgan fingerprint density at radius 3 is 2.44 bits per heavy atom. The number of aromatic carboxylic acids is 1. The fourth-order valence-corrected chi connectivity index (χ4v) is 1.47. The predicted octanol–water partition coefficient (Wildman–Crippen LogP) is 1.67. The number of carbonyl (C=O) groups is 2. The Morgan fingerprint density at radius 1 is 1.28 bits per heavy atom. The number of H-pyrrole nitrogens is 1. The van der Waals surface area contributed by atoms with Gasteiger partial charge in [0.25, 0.3) is 5.91 Å². The molecular formula is C12H11N3O3. The van der Waals surface area contributed by atoms with Gasteiger partial charge in [0.2, 0.25) is 0 Å². The molecule has 6 heteroatoms. The maximum Gasteiger partial charge on any atom is 0.335 e. The number of aromatic amines is 1. The normalized spacial score (nSPS) is 10.1. The van der Waals surface area contributed by atoms with Gasteiger partial charge in [-0.3, -0.25) is 9.89 Å². The minimum absolute atomic E-state index is 0.172. The molecule has 6 nitrogen and oxygen atoms in total. The highest BCUT2D eigenvalue weighted by atomic mass is 16.4. The highest BCUT2D eigenvalue weighted by Gasteiger charge is 2.11. The van der Waals surface area contributed by atoms with Crippen molar-refractivity contribution in [2.24, 2.45) is 0 Å². The van der Waals surface area contributed by atoms with Crippen LogP contribution in [0.15, 0.2) is 30.5 Å². The zero-order valence-electron chi connectivity index (χ0n) is 9.60. The topological polar surface area (TPSA) is 95.1 Å². The van der Waals surface area contributed by atoms with E-state index in [1.54, 1.807) is 13.1 Å². The number of aryl methyl sites for hydroxylation is 1. The lowest BCUT2D eigenvalue weighted by atomic mass is 10.2. The van der Waals surface area contributed by atoms with Gasteiger partial charge in [0.05, 0.1) is 11.8 Å². The van der Waals surface area contributed by atoms with Crippen molar-refractivity contribution < 1.29 is 14.7 Å². The van der Waals surface area contributed by atoms with Crippen molar-refractivity contribution in [1.82, 2.24) is 10.2 Å². The predicted molar refractivity (Wildman–Crippen MR) is 64.7 cm³/mol. The highest BCUT2D eigenvalue weighted by molar-refractivity contribution is 6.03. The Labute approximate surface area is 103 Å². The van der Waals surface area contributed by atoms with Crippen molar-refractivity contribution >= 4 is 17.6 Å².